The Hall–Kier alpha value is -1.35. The largest absolute Gasteiger partial charge is 0.513 e. The Bertz CT molecular complexity index is 568. The maximum absolute atomic E-state index is 14.5. The third-order valence-corrected chi connectivity index (χ3v) is 6.32. The van der Waals surface area contributed by atoms with Crippen molar-refractivity contribution in [3.63, 3.8) is 0 Å². The Morgan fingerprint density at radius 1 is 1.07 bits per heavy atom. The standard InChI is InChI=1S/C25H39FO2/c1-3-4-7-12-25(28)21-15-13-20(14-16-21)22-17-18-24(26)23(22)11-9-6-5-8-10-19(2)27/h13-16,22-25,27-28H,2-12,17-18H2,1H3/t22-,23-,24-,25?/m1/s1. The molecule has 1 aromatic rings. The van der Waals surface area contributed by atoms with Crippen molar-refractivity contribution < 1.29 is 14.6 Å². The van der Waals surface area contributed by atoms with E-state index < -0.39 is 6.17 Å². The minimum atomic E-state index is -0.693. The molecule has 2 N–H and O–H groups in total. The average molecular weight is 391 g/mol. The van der Waals surface area contributed by atoms with E-state index in [0.29, 0.717) is 18.8 Å². The summed E-state index contributed by atoms with van der Waals surface area (Å²) < 4.78 is 14.5. The van der Waals surface area contributed by atoms with Crippen molar-refractivity contribution >= 4 is 0 Å². The predicted molar refractivity (Wildman–Crippen MR) is 115 cm³/mol. The molecule has 0 radical (unpaired) electrons. The van der Waals surface area contributed by atoms with Crippen molar-refractivity contribution in [2.75, 3.05) is 0 Å². The van der Waals surface area contributed by atoms with Crippen molar-refractivity contribution in [1.82, 2.24) is 0 Å². The van der Waals surface area contributed by atoms with Crippen molar-refractivity contribution in [1.29, 1.82) is 0 Å². The van der Waals surface area contributed by atoms with Crippen LogP contribution in [0.2, 0.25) is 0 Å². The number of hydrogen-bond acceptors (Lipinski definition) is 2. The van der Waals surface area contributed by atoms with E-state index in [9.17, 15) is 9.50 Å². The van der Waals surface area contributed by atoms with Crippen molar-refractivity contribution in [3.8, 4) is 0 Å². The van der Waals surface area contributed by atoms with E-state index in [-0.39, 0.29) is 17.8 Å². The first-order valence-corrected chi connectivity index (χ1v) is 11.3. The second-order valence-corrected chi connectivity index (χ2v) is 8.56. The van der Waals surface area contributed by atoms with Gasteiger partial charge in [0.05, 0.1) is 11.9 Å². The second kappa shape index (κ2) is 12.3. The highest BCUT2D eigenvalue weighted by atomic mass is 19.1. The van der Waals surface area contributed by atoms with Crippen LogP contribution in [0, 0.1) is 5.92 Å². The monoisotopic (exact) mass is 390 g/mol. The highest BCUT2D eigenvalue weighted by Crippen LogP contribution is 2.44. The molecule has 2 nitrogen and oxygen atoms in total. The molecule has 1 aromatic carbocycles. The summed E-state index contributed by atoms with van der Waals surface area (Å²) in [7, 11) is 0. The molecule has 158 valence electrons. The van der Waals surface area contributed by atoms with Gasteiger partial charge < -0.3 is 10.2 Å². The average Bonchev–Trinajstić information content (AvgIpc) is 3.05. The topological polar surface area (TPSA) is 40.5 Å². The number of halogens is 1. The normalized spacial score (nSPS) is 23.0. The molecule has 3 heteroatoms. The van der Waals surface area contributed by atoms with Crippen LogP contribution in [-0.4, -0.2) is 16.4 Å². The lowest BCUT2D eigenvalue weighted by atomic mass is 9.84. The minimum absolute atomic E-state index is 0.119. The summed E-state index contributed by atoms with van der Waals surface area (Å²) in [5, 5.41) is 19.5. The van der Waals surface area contributed by atoms with E-state index in [2.05, 4.69) is 25.6 Å². The van der Waals surface area contributed by atoms with Crippen LogP contribution in [-0.2, 0) is 0 Å². The molecule has 1 unspecified atom stereocenters. The molecule has 0 amide bonds. The fraction of sp³-hybridized carbons (Fsp3) is 0.680. The molecule has 1 aliphatic carbocycles. The van der Waals surface area contributed by atoms with Gasteiger partial charge in [-0.05, 0) is 55.1 Å². The zero-order chi connectivity index (χ0) is 20.4. The Morgan fingerprint density at radius 2 is 1.79 bits per heavy atom. The van der Waals surface area contributed by atoms with Crippen LogP contribution in [0.1, 0.15) is 107 Å². The number of rotatable bonds is 13. The summed E-state index contributed by atoms with van der Waals surface area (Å²) in [6.07, 6.45) is 10.5. The molecular weight excluding hydrogens is 351 g/mol. The third-order valence-electron chi connectivity index (χ3n) is 6.32. The summed E-state index contributed by atoms with van der Waals surface area (Å²) in [5.74, 6) is 0.685. The summed E-state index contributed by atoms with van der Waals surface area (Å²) in [6.45, 7) is 5.69. The molecule has 2 rings (SSSR count). The molecular formula is C25H39FO2. The number of allylic oxidation sites excluding steroid dienone is 1. The van der Waals surface area contributed by atoms with Crippen LogP contribution in [0.4, 0.5) is 4.39 Å². The molecule has 4 atom stereocenters. The third kappa shape index (κ3) is 7.24. The van der Waals surface area contributed by atoms with E-state index in [0.717, 1.165) is 69.8 Å². The van der Waals surface area contributed by atoms with E-state index >= 15 is 0 Å². The quantitative estimate of drug-likeness (QED) is 0.270. The van der Waals surface area contributed by atoms with Crippen molar-refractivity contribution in [2.45, 2.75) is 102 Å². The molecule has 1 aliphatic rings. The first kappa shape index (κ1) is 22.9. The lowest BCUT2D eigenvalue weighted by molar-refractivity contribution is 0.163. The van der Waals surface area contributed by atoms with E-state index in [1.54, 1.807) is 0 Å². The predicted octanol–water partition coefficient (Wildman–Crippen LogP) is 7.54. The van der Waals surface area contributed by atoms with Crippen LogP contribution in [0.5, 0.6) is 0 Å². The van der Waals surface area contributed by atoms with Gasteiger partial charge in [-0.15, -0.1) is 0 Å². The molecule has 0 heterocycles. The molecule has 0 spiro atoms. The first-order valence-electron chi connectivity index (χ1n) is 11.3. The Balaban J connectivity index is 1.83. The molecule has 1 fully saturated rings. The van der Waals surface area contributed by atoms with Gasteiger partial charge in [-0.1, -0.05) is 76.3 Å². The van der Waals surface area contributed by atoms with Gasteiger partial charge in [0.2, 0.25) is 0 Å². The van der Waals surface area contributed by atoms with E-state index in [1.807, 2.05) is 12.1 Å². The van der Waals surface area contributed by atoms with Gasteiger partial charge in [-0.2, -0.15) is 0 Å². The highest BCUT2D eigenvalue weighted by molar-refractivity contribution is 5.28. The smallest absolute Gasteiger partial charge is 0.104 e. The number of aliphatic hydroxyl groups is 2. The summed E-state index contributed by atoms with van der Waals surface area (Å²) in [5.41, 5.74) is 2.21. The van der Waals surface area contributed by atoms with Crippen LogP contribution >= 0.6 is 0 Å². The van der Waals surface area contributed by atoms with Crippen LogP contribution < -0.4 is 0 Å². The fourth-order valence-electron chi connectivity index (χ4n) is 4.60. The van der Waals surface area contributed by atoms with Gasteiger partial charge >= 0.3 is 0 Å². The van der Waals surface area contributed by atoms with Crippen LogP contribution in [0.3, 0.4) is 0 Å². The number of benzene rings is 1. The van der Waals surface area contributed by atoms with Crippen molar-refractivity contribution in [3.05, 3.63) is 47.7 Å². The number of hydrogen-bond donors (Lipinski definition) is 2. The Labute approximate surface area is 170 Å². The van der Waals surface area contributed by atoms with Crippen LogP contribution in [0.15, 0.2) is 36.6 Å². The van der Waals surface area contributed by atoms with Gasteiger partial charge in [0.15, 0.2) is 0 Å². The molecule has 0 aromatic heterocycles. The summed E-state index contributed by atoms with van der Waals surface area (Å²) in [4.78, 5) is 0. The number of unbranched alkanes of at least 4 members (excludes halogenated alkanes) is 5. The van der Waals surface area contributed by atoms with Gasteiger partial charge in [0.1, 0.15) is 6.17 Å². The Morgan fingerprint density at radius 3 is 2.46 bits per heavy atom. The summed E-state index contributed by atoms with van der Waals surface area (Å²) in [6, 6.07) is 8.30. The molecule has 0 bridgehead atoms. The van der Waals surface area contributed by atoms with E-state index in [4.69, 9.17) is 5.11 Å². The lowest BCUT2D eigenvalue weighted by Crippen LogP contribution is -2.15. The zero-order valence-corrected chi connectivity index (χ0v) is 17.6. The number of aliphatic hydroxyl groups excluding tert-OH is 2. The SMILES string of the molecule is C=C(O)CCCCCC[C@H]1[C@H](F)CC[C@@H]1c1ccc(C(O)CCCCC)cc1. The zero-order valence-electron chi connectivity index (χ0n) is 17.6. The van der Waals surface area contributed by atoms with Crippen molar-refractivity contribution in [2.24, 2.45) is 5.92 Å². The molecule has 0 saturated heterocycles. The lowest BCUT2D eigenvalue weighted by Gasteiger charge is -2.22. The van der Waals surface area contributed by atoms with Gasteiger partial charge in [0.25, 0.3) is 0 Å². The number of alkyl halides is 1. The molecule has 28 heavy (non-hydrogen) atoms. The maximum atomic E-state index is 14.5. The second-order valence-electron chi connectivity index (χ2n) is 8.56. The maximum Gasteiger partial charge on any atom is 0.104 e. The van der Waals surface area contributed by atoms with Gasteiger partial charge in [-0.3, -0.25) is 0 Å². The summed E-state index contributed by atoms with van der Waals surface area (Å²) >= 11 is 0. The Kier molecular flexibility index (Phi) is 10.0. The van der Waals surface area contributed by atoms with Crippen LogP contribution in [0.25, 0.3) is 0 Å². The molecule has 0 aliphatic heterocycles. The van der Waals surface area contributed by atoms with Gasteiger partial charge in [-0.25, -0.2) is 4.39 Å². The molecule has 1 saturated carbocycles. The fourth-order valence-corrected chi connectivity index (χ4v) is 4.60. The van der Waals surface area contributed by atoms with Gasteiger partial charge in [0, 0.05) is 6.42 Å². The van der Waals surface area contributed by atoms with E-state index in [1.165, 1.54) is 5.56 Å². The minimum Gasteiger partial charge on any atom is -0.513 e. The highest BCUT2D eigenvalue weighted by Gasteiger charge is 2.36. The first-order chi connectivity index (χ1) is 13.5.